The Labute approximate surface area is 122 Å². The smallest absolute Gasteiger partial charge is 0.143 e. The molecule has 1 unspecified atom stereocenters. The molecule has 5 heteroatoms. The molecule has 1 atom stereocenters. The summed E-state index contributed by atoms with van der Waals surface area (Å²) < 4.78 is 10.6. The van der Waals surface area contributed by atoms with Gasteiger partial charge in [-0.05, 0) is 18.4 Å². The minimum Gasteiger partial charge on any atom is -0.495 e. The molecule has 0 saturated heterocycles. The van der Waals surface area contributed by atoms with Crippen LogP contribution in [0.15, 0.2) is 29.6 Å². The van der Waals surface area contributed by atoms with Gasteiger partial charge in [0.1, 0.15) is 11.5 Å². The molecule has 0 aliphatic heterocycles. The number of anilines is 1. The van der Waals surface area contributed by atoms with Gasteiger partial charge in [-0.1, -0.05) is 17.7 Å². The average Bonchev–Trinajstić information content (AvgIpc) is 2.94. The van der Waals surface area contributed by atoms with E-state index in [2.05, 4.69) is 23.7 Å². The van der Waals surface area contributed by atoms with Crippen molar-refractivity contribution in [1.82, 2.24) is 0 Å². The zero-order valence-corrected chi connectivity index (χ0v) is 12.6. The van der Waals surface area contributed by atoms with Gasteiger partial charge in [0.15, 0.2) is 0 Å². The summed E-state index contributed by atoms with van der Waals surface area (Å²) in [6, 6.07) is 7.94. The van der Waals surface area contributed by atoms with E-state index in [-0.39, 0.29) is 6.04 Å². The van der Waals surface area contributed by atoms with E-state index in [1.165, 1.54) is 4.88 Å². The molecule has 0 bridgehead atoms. The van der Waals surface area contributed by atoms with Gasteiger partial charge in [-0.2, -0.15) is 0 Å². The summed E-state index contributed by atoms with van der Waals surface area (Å²) in [5.41, 5.74) is 0.865. The highest BCUT2D eigenvalue weighted by atomic mass is 35.5. The van der Waals surface area contributed by atoms with Gasteiger partial charge in [0, 0.05) is 17.0 Å². The first-order valence-corrected chi connectivity index (χ1v) is 7.13. The standard InChI is InChI=1S/C14H16ClNO2S/c1-9(14-5-4-6-19-14)16-11-8-12(17-2)10(15)7-13(11)18-3/h4-9,16H,1-3H3. The molecule has 19 heavy (non-hydrogen) atoms. The van der Waals surface area contributed by atoms with E-state index in [0.717, 1.165) is 5.69 Å². The van der Waals surface area contributed by atoms with Crippen LogP contribution in [0.25, 0.3) is 0 Å². The minimum absolute atomic E-state index is 0.194. The van der Waals surface area contributed by atoms with Gasteiger partial charge in [-0.3, -0.25) is 0 Å². The molecule has 1 aromatic heterocycles. The van der Waals surface area contributed by atoms with E-state index >= 15 is 0 Å². The van der Waals surface area contributed by atoms with Crippen molar-refractivity contribution in [3.8, 4) is 11.5 Å². The van der Waals surface area contributed by atoms with Crippen LogP contribution in [0.1, 0.15) is 17.8 Å². The van der Waals surface area contributed by atoms with Crippen LogP contribution in [0.3, 0.4) is 0 Å². The van der Waals surface area contributed by atoms with Crippen LogP contribution in [-0.4, -0.2) is 14.2 Å². The SMILES string of the molecule is COc1cc(NC(C)c2cccs2)c(OC)cc1Cl. The lowest BCUT2D eigenvalue weighted by molar-refractivity contribution is 0.404. The normalized spacial score (nSPS) is 12.0. The predicted octanol–water partition coefficient (Wildman–Crippen LogP) is 4.59. The van der Waals surface area contributed by atoms with E-state index in [4.69, 9.17) is 21.1 Å². The number of rotatable bonds is 5. The number of methoxy groups -OCH3 is 2. The molecule has 0 spiro atoms. The number of nitrogens with one attached hydrogen (secondary N) is 1. The number of benzene rings is 1. The Morgan fingerprint density at radius 3 is 2.53 bits per heavy atom. The maximum atomic E-state index is 6.09. The molecule has 0 saturated carbocycles. The molecule has 0 amide bonds. The lowest BCUT2D eigenvalue weighted by Crippen LogP contribution is -2.06. The van der Waals surface area contributed by atoms with Crippen LogP contribution in [0, 0.1) is 0 Å². The van der Waals surface area contributed by atoms with E-state index in [1.54, 1.807) is 31.6 Å². The van der Waals surface area contributed by atoms with E-state index in [9.17, 15) is 0 Å². The molecule has 0 fully saturated rings. The van der Waals surface area contributed by atoms with Crippen molar-refractivity contribution >= 4 is 28.6 Å². The number of thiophene rings is 1. The number of hydrogen-bond acceptors (Lipinski definition) is 4. The molecule has 0 aliphatic rings. The highest BCUT2D eigenvalue weighted by Crippen LogP contribution is 2.37. The van der Waals surface area contributed by atoms with E-state index < -0.39 is 0 Å². The summed E-state index contributed by atoms with van der Waals surface area (Å²) >= 11 is 7.80. The first kappa shape index (κ1) is 14.0. The number of ether oxygens (including phenoxy) is 2. The molecule has 1 aromatic carbocycles. The van der Waals surface area contributed by atoms with Crippen molar-refractivity contribution in [2.45, 2.75) is 13.0 Å². The second-order valence-corrected chi connectivity index (χ2v) is 5.45. The van der Waals surface area contributed by atoms with Crippen molar-refractivity contribution in [2.24, 2.45) is 0 Å². The maximum Gasteiger partial charge on any atom is 0.143 e. The van der Waals surface area contributed by atoms with Gasteiger partial charge in [-0.15, -0.1) is 11.3 Å². The Kier molecular flexibility index (Phi) is 4.56. The average molecular weight is 298 g/mol. The molecule has 102 valence electrons. The Morgan fingerprint density at radius 2 is 1.95 bits per heavy atom. The minimum atomic E-state index is 0.194. The summed E-state index contributed by atoms with van der Waals surface area (Å²) in [7, 11) is 3.22. The fraction of sp³-hybridized carbons (Fsp3) is 0.286. The van der Waals surface area contributed by atoms with Crippen molar-refractivity contribution in [1.29, 1.82) is 0 Å². The molecule has 0 radical (unpaired) electrons. The summed E-state index contributed by atoms with van der Waals surface area (Å²) in [5.74, 6) is 1.33. The Hall–Kier alpha value is -1.39. The second-order valence-electron chi connectivity index (χ2n) is 4.07. The third-order valence-corrected chi connectivity index (χ3v) is 4.17. The fourth-order valence-electron chi connectivity index (χ4n) is 1.82. The van der Waals surface area contributed by atoms with Gasteiger partial charge >= 0.3 is 0 Å². The van der Waals surface area contributed by atoms with Gasteiger partial charge in [0.25, 0.3) is 0 Å². The second kappa shape index (κ2) is 6.17. The van der Waals surface area contributed by atoms with Crippen LogP contribution in [0.2, 0.25) is 5.02 Å². The molecular weight excluding hydrogens is 282 g/mol. The number of hydrogen-bond donors (Lipinski definition) is 1. The first-order chi connectivity index (χ1) is 9.15. The first-order valence-electron chi connectivity index (χ1n) is 5.87. The Bertz CT molecular complexity index is 543. The zero-order valence-electron chi connectivity index (χ0n) is 11.1. The highest BCUT2D eigenvalue weighted by molar-refractivity contribution is 7.10. The van der Waals surface area contributed by atoms with Crippen LogP contribution >= 0.6 is 22.9 Å². The quantitative estimate of drug-likeness (QED) is 0.875. The number of halogens is 1. The molecule has 1 N–H and O–H groups in total. The third kappa shape index (κ3) is 3.14. The molecule has 0 aliphatic carbocycles. The topological polar surface area (TPSA) is 30.5 Å². The largest absolute Gasteiger partial charge is 0.495 e. The predicted molar refractivity (Wildman–Crippen MR) is 80.9 cm³/mol. The maximum absolute atomic E-state index is 6.09. The van der Waals surface area contributed by atoms with E-state index in [1.807, 2.05) is 12.1 Å². The fourth-order valence-corrected chi connectivity index (χ4v) is 2.78. The molecule has 2 rings (SSSR count). The molecule has 1 heterocycles. The monoisotopic (exact) mass is 297 g/mol. The van der Waals surface area contributed by atoms with Crippen LogP contribution in [0.5, 0.6) is 11.5 Å². The highest BCUT2D eigenvalue weighted by Gasteiger charge is 2.13. The van der Waals surface area contributed by atoms with E-state index in [0.29, 0.717) is 16.5 Å². The Balaban J connectivity index is 2.28. The molecule has 2 aromatic rings. The van der Waals surface area contributed by atoms with Gasteiger partial charge in [-0.25, -0.2) is 0 Å². The third-order valence-electron chi connectivity index (χ3n) is 2.82. The summed E-state index contributed by atoms with van der Waals surface area (Å²) in [6.07, 6.45) is 0. The van der Waals surface area contributed by atoms with Crippen LogP contribution < -0.4 is 14.8 Å². The summed E-state index contributed by atoms with van der Waals surface area (Å²) in [4.78, 5) is 1.26. The van der Waals surface area contributed by atoms with Crippen LogP contribution in [0.4, 0.5) is 5.69 Å². The lowest BCUT2D eigenvalue weighted by Gasteiger charge is -2.18. The van der Waals surface area contributed by atoms with Crippen molar-refractivity contribution in [3.05, 3.63) is 39.5 Å². The summed E-state index contributed by atoms with van der Waals surface area (Å²) in [6.45, 7) is 2.10. The van der Waals surface area contributed by atoms with Crippen molar-refractivity contribution in [3.63, 3.8) is 0 Å². The van der Waals surface area contributed by atoms with Gasteiger partial charge in [0.05, 0.1) is 31.0 Å². The zero-order chi connectivity index (χ0) is 13.8. The van der Waals surface area contributed by atoms with Crippen molar-refractivity contribution in [2.75, 3.05) is 19.5 Å². The molecular formula is C14H16ClNO2S. The summed E-state index contributed by atoms with van der Waals surface area (Å²) in [5, 5.41) is 6.01. The lowest BCUT2D eigenvalue weighted by atomic mass is 10.2. The van der Waals surface area contributed by atoms with Gasteiger partial charge < -0.3 is 14.8 Å². The Morgan fingerprint density at radius 1 is 1.21 bits per heavy atom. The van der Waals surface area contributed by atoms with Crippen molar-refractivity contribution < 1.29 is 9.47 Å². The van der Waals surface area contributed by atoms with Crippen LogP contribution in [-0.2, 0) is 0 Å². The molecule has 3 nitrogen and oxygen atoms in total. The van der Waals surface area contributed by atoms with Gasteiger partial charge in [0.2, 0.25) is 0 Å².